The SMILES string of the molecule is O=c1[nH]c(/C=C/c2cccc(Br)c2)nc2ccccc12. The number of para-hydroxylation sites is 1. The summed E-state index contributed by atoms with van der Waals surface area (Å²) in [5.74, 6) is 0.550. The second-order valence-electron chi connectivity index (χ2n) is 4.36. The molecule has 0 saturated carbocycles. The van der Waals surface area contributed by atoms with Crippen LogP contribution in [0, 0.1) is 0 Å². The van der Waals surface area contributed by atoms with Crippen molar-refractivity contribution in [1.29, 1.82) is 0 Å². The van der Waals surface area contributed by atoms with Gasteiger partial charge in [0.05, 0.1) is 10.9 Å². The molecule has 0 aliphatic rings. The molecular formula is C16H11BrN2O. The lowest BCUT2D eigenvalue weighted by molar-refractivity contribution is 1.14. The average molecular weight is 327 g/mol. The van der Waals surface area contributed by atoms with Gasteiger partial charge in [0.1, 0.15) is 5.82 Å². The molecule has 1 aromatic heterocycles. The molecule has 0 amide bonds. The van der Waals surface area contributed by atoms with Crippen molar-refractivity contribution in [3.8, 4) is 0 Å². The summed E-state index contributed by atoms with van der Waals surface area (Å²) in [6.45, 7) is 0. The zero-order chi connectivity index (χ0) is 13.9. The van der Waals surface area contributed by atoms with Crippen molar-refractivity contribution in [2.75, 3.05) is 0 Å². The van der Waals surface area contributed by atoms with Gasteiger partial charge in [-0.3, -0.25) is 4.79 Å². The third-order valence-electron chi connectivity index (χ3n) is 2.91. The van der Waals surface area contributed by atoms with E-state index < -0.39 is 0 Å². The van der Waals surface area contributed by atoms with E-state index in [1.165, 1.54) is 0 Å². The van der Waals surface area contributed by atoms with Crippen LogP contribution in [-0.2, 0) is 0 Å². The average Bonchev–Trinajstić information content (AvgIpc) is 2.45. The molecule has 0 aliphatic heterocycles. The maximum Gasteiger partial charge on any atom is 0.259 e. The largest absolute Gasteiger partial charge is 0.306 e. The Kier molecular flexibility index (Phi) is 3.48. The van der Waals surface area contributed by atoms with Crippen LogP contribution in [0.4, 0.5) is 0 Å². The standard InChI is InChI=1S/C16H11BrN2O/c17-12-5-3-4-11(10-12)8-9-15-18-14-7-2-1-6-13(14)16(20)19-15/h1-10H,(H,18,19,20)/b9-8+. The Morgan fingerprint density at radius 1 is 1.05 bits per heavy atom. The Morgan fingerprint density at radius 2 is 1.90 bits per heavy atom. The van der Waals surface area contributed by atoms with Crippen molar-refractivity contribution in [2.45, 2.75) is 0 Å². The minimum absolute atomic E-state index is 0.121. The van der Waals surface area contributed by atoms with Crippen LogP contribution in [0.2, 0.25) is 0 Å². The van der Waals surface area contributed by atoms with Crippen molar-refractivity contribution in [2.24, 2.45) is 0 Å². The first-order valence-corrected chi connectivity index (χ1v) is 6.94. The van der Waals surface area contributed by atoms with Gasteiger partial charge in [0.15, 0.2) is 0 Å². The quantitative estimate of drug-likeness (QED) is 0.777. The fourth-order valence-electron chi connectivity index (χ4n) is 1.97. The zero-order valence-electron chi connectivity index (χ0n) is 10.5. The number of fused-ring (bicyclic) bond motifs is 1. The van der Waals surface area contributed by atoms with Gasteiger partial charge in [0.25, 0.3) is 5.56 Å². The van der Waals surface area contributed by atoms with Gasteiger partial charge in [-0.15, -0.1) is 0 Å². The molecule has 0 saturated heterocycles. The van der Waals surface area contributed by atoms with Crippen molar-refractivity contribution in [3.63, 3.8) is 0 Å². The summed E-state index contributed by atoms with van der Waals surface area (Å²) in [5.41, 5.74) is 1.62. The van der Waals surface area contributed by atoms with Crippen LogP contribution in [0.15, 0.2) is 57.8 Å². The molecule has 0 atom stereocenters. The minimum atomic E-state index is -0.121. The number of nitrogens with one attached hydrogen (secondary N) is 1. The molecule has 1 heterocycles. The Labute approximate surface area is 124 Å². The van der Waals surface area contributed by atoms with Crippen LogP contribution in [0.1, 0.15) is 11.4 Å². The molecule has 4 heteroatoms. The highest BCUT2D eigenvalue weighted by Gasteiger charge is 2.00. The summed E-state index contributed by atoms with van der Waals surface area (Å²) in [4.78, 5) is 19.1. The van der Waals surface area contributed by atoms with E-state index in [1.807, 2.05) is 48.5 Å². The van der Waals surface area contributed by atoms with Crippen LogP contribution in [-0.4, -0.2) is 9.97 Å². The maximum atomic E-state index is 11.9. The topological polar surface area (TPSA) is 45.8 Å². The molecule has 98 valence electrons. The summed E-state index contributed by atoms with van der Waals surface area (Å²) in [6.07, 6.45) is 3.72. The Balaban J connectivity index is 2.01. The minimum Gasteiger partial charge on any atom is -0.306 e. The van der Waals surface area contributed by atoms with E-state index in [-0.39, 0.29) is 5.56 Å². The molecule has 0 aliphatic carbocycles. The summed E-state index contributed by atoms with van der Waals surface area (Å²) < 4.78 is 1.01. The molecular weight excluding hydrogens is 316 g/mol. The summed E-state index contributed by atoms with van der Waals surface area (Å²) >= 11 is 3.43. The van der Waals surface area contributed by atoms with E-state index in [0.29, 0.717) is 16.7 Å². The highest BCUT2D eigenvalue weighted by atomic mass is 79.9. The molecule has 3 aromatic rings. The van der Waals surface area contributed by atoms with Crippen LogP contribution in [0.25, 0.3) is 23.1 Å². The fraction of sp³-hybridized carbons (Fsp3) is 0. The van der Waals surface area contributed by atoms with Crippen molar-refractivity contribution >= 4 is 39.0 Å². The molecule has 0 unspecified atom stereocenters. The Bertz CT molecular complexity index is 852. The molecule has 20 heavy (non-hydrogen) atoms. The van der Waals surface area contributed by atoms with Crippen LogP contribution in [0.5, 0.6) is 0 Å². The third kappa shape index (κ3) is 2.70. The molecule has 0 fully saturated rings. The highest BCUT2D eigenvalue weighted by molar-refractivity contribution is 9.10. The molecule has 2 aromatic carbocycles. The lowest BCUT2D eigenvalue weighted by Crippen LogP contribution is -2.09. The van der Waals surface area contributed by atoms with Gasteiger partial charge in [-0.1, -0.05) is 46.3 Å². The predicted molar refractivity (Wildman–Crippen MR) is 85.4 cm³/mol. The van der Waals surface area contributed by atoms with Crippen LogP contribution in [0.3, 0.4) is 0 Å². The van der Waals surface area contributed by atoms with Crippen molar-refractivity contribution in [3.05, 3.63) is 74.7 Å². The monoisotopic (exact) mass is 326 g/mol. The van der Waals surface area contributed by atoms with E-state index in [1.54, 1.807) is 12.1 Å². The highest BCUT2D eigenvalue weighted by Crippen LogP contribution is 2.14. The van der Waals surface area contributed by atoms with Gasteiger partial charge in [-0.05, 0) is 35.9 Å². The normalized spacial score (nSPS) is 11.2. The molecule has 0 spiro atoms. The van der Waals surface area contributed by atoms with Crippen LogP contribution >= 0.6 is 15.9 Å². The van der Waals surface area contributed by atoms with E-state index >= 15 is 0 Å². The van der Waals surface area contributed by atoms with Gasteiger partial charge in [0, 0.05) is 4.47 Å². The first-order chi connectivity index (χ1) is 9.72. The van der Waals surface area contributed by atoms with Crippen molar-refractivity contribution in [1.82, 2.24) is 9.97 Å². The number of aromatic nitrogens is 2. The number of hydrogen-bond donors (Lipinski definition) is 1. The Hall–Kier alpha value is -2.20. The molecule has 1 N–H and O–H groups in total. The first kappa shape index (κ1) is 12.8. The summed E-state index contributed by atoms with van der Waals surface area (Å²) in [6, 6.07) is 15.2. The lowest BCUT2D eigenvalue weighted by atomic mass is 10.2. The molecule has 3 rings (SSSR count). The fourth-order valence-corrected chi connectivity index (χ4v) is 2.39. The maximum absolute atomic E-state index is 11.9. The first-order valence-electron chi connectivity index (χ1n) is 6.15. The van der Waals surface area contributed by atoms with Gasteiger partial charge in [-0.2, -0.15) is 0 Å². The number of nitrogens with zero attached hydrogens (tertiary/aromatic N) is 1. The predicted octanol–water partition coefficient (Wildman–Crippen LogP) is 3.86. The van der Waals surface area contributed by atoms with Gasteiger partial charge < -0.3 is 4.98 Å². The number of hydrogen-bond acceptors (Lipinski definition) is 2. The van der Waals surface area contributed by atoms with E-state index in [2.05, 4.69) is 25.9 Å². The van der Waals surface area contributed by atoms with Gasteiger partial charge in [-0.25, -0.2) is 4.98 Å². The molecule has 3 nitrogen and oxygen atoms in total. The van der Waals surface area contributed by atoms with E-state index in [0.717, 1.165) is 10.0 Å². The zero-order valence-corrected chi connectivity index (χ0v) is 12.1. The van der Waals surface area contributed by atoms with Gasteiger partial charge in [0.2, 0.25) is 0 Å². The van der Waals surface area contributed by atoms with E-state index in [9.17, 15) is 4.79 Å². The third-order valence-corrected chi connectivity index (χ3v) is 3.41. The Morgan fingerprint density at radius 3 is 2.75 bits per heavy atom. The number of halogens is 1. The second kappa shape index (κ2) is 5.43. The number of aromatic amines is 1. The van der Waals surface area contributed by atoms with Crippen LogP contribution < -0.4 is 5.56 Å². The number of rotatable bonds is 2. The summed E-state index contributed by atoms with van der Waals surface area (Å²) in [7, 11) is 0. The van der Waals surface area contributed by atoms with Gasteiger partial charge >= 0.3 is 0 Å². The number of benzene rings is 2. The van der Waals surface area contributed by atoms with E-state index in [4.69, 9.17) is 0 Å². The molecule has 0 bridgehead atoms. The van der Waals surface area contributed by atoms with Crippen molar-refractivity contribution < 1.29 is 0 Å². The number of H-pyrrole nitrogens is 1. The lowest BCUT2D eigenvalue weighted by Gasteiger charge is -1.98. The smallest absolute Gasteiger partial charge is 0.259 e. The molecule has 0 radical (unpaired) electrons. The second-order valence-corrected chi connectivity index (χ2v) is 5.27. The summed E-state index contributed by atoms with van der Waals surface area (Å²) in [5, 5.41) is 0.604.